The van der Waals surface area contributed by atoms with Gasteiger partial charge in [0.25, 0.3) is 0 Å². The van der Waals surface area contributed by atoms with E-state index in [0.717, 1.165) is 48.6 Å². The van der Waals surface area contributed by atoms with Gasteiger partial charge in [-0.25, -0.2) is 0 Å². The molecule has 18 heavy (non-hydrogen) atoms. The van der Waals surface area contributed by atoms with E-state index in [9.17, 15) is 0 Å². The van der Waals surface area contributed by atoms with Crippen LogP contribution < -0.4 is 10.5 Å². The van der Waals surface area contributed by atoms with E-state index in [-0.39, 0.29) is 0 Å². The Hall–Kier alpha value is -1.13. The lowest BCUT2D eigenvalue weighted by atomic mass is 10.1. The molecule has 0 aromatic carbocycles. The van der Waals surface area contributed by atoms with Crippen LogP contribution in [-0.4, -0.2) is 36.6 Å². The van der Waals surface area contributed by atoms with E-state index in [1.165, 1.54) is 0 Å². The number of nitrogens with zero attached hydrogens (tertiary/aromatic N) is 2. The molecule has 0 aliphatic rings. The highest BCUT2D eigenvalue weighted by atomic mass is 16.5. The summed E-state index contributed by atoms with van der Waals surface area (Å²) in [4.78, 5) is 6.87. The molecule has 0 radical (unpaired) electrons. The lowest BCUT2D eigenvalue weighted by Gasteiger charge is -2.22. The van der Waals surface area contributed by atoms with Crippen molar-refractivity contribution < 1.29 is 4.74 Å². The third-order valence-corrected chi connectivity index (χ3v) is 3.11. The zero-order valence-electron chi connectivity index (χ0n) is 12.0. The molecule has 0 aliphatic carbocycles. The molecule has 0 saturated heterocycles. The summed E-state index contributed by atoms with van der Waals surface area (Å²) in [5, 5.41) is 0. The van der Waals surface area contributed by atoms with Crippen LogP contribution in [0, 0.1) is 13.8 Å². The van der Waals surface area contributed by atoms with Crippen LogP contribution in [0.2, 0.25) is 0 Å². The van der Waals surface area contributed by atoms with Crippen molar-refractivity contribution >= 4 is 0 Å². The van der Waals surface area contributed by atoms with E-state index in [2.05, 4.69) is 23.7 Å². The van der Waals surface area contributed by atoms with Gasteiger partial charge in [-0.05, 0) is 26.8 Å². The Morgan fingerprint density at radius 3 is 2.61 bits per heavy atom. The van der Waals surface area contributed by atoms with Gasteiger partial charge in [-0.1, -0.05) is 6.92 Å². The standard InChI is InChI=1S/C14H25N3O/c1-5-7-17(8-6-15)10-13-12(3)14(18-4)11(2)9-16-13/h9H,5-8,10,15H2,1-4H3. The second kappa shape index (κ2) is 7.34. The molecule has 0 spiro atoms. The molecule has 1 heterocycles. The first-order valence-corrected chi connectivity index (χ1v) is 6.55. The second-order valence-electron chi connectivity index (χ2n) is 4.61. The fourth-order valence-electron chi connectivity index (χ4n) is 2.21. The van der Waals surface area contributed by atoms with Gasteiger partial charge in [0.15, 0.2) is 0 Å². The van der Waals surface area contributed by atoms with E-state index in [1.807, 2.05) is 13.1 Å². The molecule has 4 heteroatoms. The van der Waals surface area contributed by atoms with Crippen LogP contribution in [0.5, 0.6) is 5.75 Å². The Morgan fingerprint density at radius 2 is 2.06 bits per heavy atom. The van der Waals surface area contributed by atoms with Crippen molar-refractivity contribution in [3.8, 4) is 5.75 Å². The van der Waals surface area contributed by atoms with Crippen LogP contribution in [0.15, 0.2) is 6.20 Å². The fraction of sp³-hybridized carbons (Fsp3) is 0.643. The third kappa shape index (κ3) is 3.68. The van der Waals surface area contributed by atoms with Gasteiger partial charge in [-0.15, -0.1) is 0 Å². The number of rotatable bonds is 7. The average Bonchev–Trinajstić information content (AvgIpc) is 2.34. The molecule has 4 nitrogen and oxygen atoms in total. The number of aromatic nitrogens is 1. The number of aryl methyl sites for hydroxylation is 1. The smallest absolute Gasteiger partial charge is 0.128 e. The molecule has 0 aliphatic heterocycles. The first kappa shape index (κ1) is 14.9. The van der Waals surface area contributed by atoms with Crippen LogP contribution in [0.25, 0.3) is 0 Å². The van der Waals surface area contributed by atoms with Crippen molar-refractivity contribution in [1.29, 1.82) is 0 Å². The quantitative estimate of drug-likeness (QED) is 0.804. The lowest BCUT2D eigenvalue weighted by Crippen LogP contribution is -2.30. The van der Waals surface area contributed by atoms with Gasteiger partial charge < -0.3 is 10.5 Å². The summed E-state index contributed by atoms with van der Waals surface area (Å²) in [6.07, 6.45) is 3.01. The summed E-state index contributed by atoms with van der Waals surface area (Å²) in [7, 11) is 1.71. The van der Waals surface area contributed by atoms with Crippen LogP contribution in [0.4, 0.5) is 0 Å². The minimum absolute atomic E-state index is 0.683. The summed E-state index contributed by atoms with van der Waals surface area (Å²) in [6, 6.07) is 0. The van der Waals surface area contributed by atoms with Crippen LogP contribution >= 0.6 is 0 Å². The maximum absolute atomic E-state index is 5.64. The first-order chi connectivity index (χ1) is 8.63. The van der Waals surface area contributed by atoms with Gasteiger partial charge >= 0.3 is 0 Å². The SMILES string of the molecule is CCCN(CCN)Cc1ncc(C)c(OC)c1C. The minimum Gasteiger partial charge on any atom is -0.496 e. The third-order valence-electron chi connectivity index (χ3n) is 3.11. The fourth-order valence-corrected chi connectivity index (χ4v) is 2.21. The Bertz CT molecular complexity index is 374. The molecule has 0 fully saturated rings. The monoisotopic (exact) mass is 251 g/mol. The van der Waals surface area contributed by atoms with E-state index in [0.29, 0.717) is 6.54 Å². The van der Waals surface area contributed by atoms with Crippen molar-refractivity contribution in [2.24, 2.45) is 5.73 Å². The number of methoxy groups -OCH3 is 1. The maximum atomic E-state index is 5.64. The van der Waals surface area contributed by atoms with Crippen molar-refractivity contribution in [2.45, 2.75) is 33.7 Å². The van der Waals surface area contributed by atoms with Crippen LogP contribution in [0.3, 0.4) is 0 Å². The molecule has 0 atom stereocenters. The largest absolute Gasteiger partial charge is 0.496 e. The summed E-state index contributed by atoms with van der Waals surface area (Å²) in [5.74, 6) is 0.948. The minimum atomic E-state index is 0.683. The number of ether oxygens (including phenoxy) is 1. The molecule has 1 aromatic heterocycles. The van der Waals surface area contributed by atoms with E-state index in [1.54, 1.807) is 7.11 Å². The van der Waals surface area contributed by atoms with E-state index >= 15 is 0 Å². The molecular formula is C14H25N3O. The highest BCUT2D eigenvalue weighted by Crippen LogP contribution is 2.24. The van der Waals surface area contributed by atoms with Crippen molar-refractivity contribution in [1.82, 2.24) is 9.88 Å². The van der Waals surface area contributed by atoms with Crippen LogP contribution in [-0.2, 0) is 6.54 Å². The molecule has 102 valence electrons. The van der Waals surface area contributed by atoms with E-state index in [4.69, 9.17) is 10.5 Å². The molecule has 0 amide bonds. The molecular weight excluding hydrogens is 226 g/mol. The van der Waals surface area contributed by atoms with Gasteiger partial charge in [0.05, 0.1) is 12.8 Å². The highest BCUT2D eigenvalue weighted by molar-refractivity contribution is 5.40. The summed E-state index contributed by atoms with van der Waals surface area (Å²) < 4.78 is 5.43. The Kier molecular flexibility index (Phi) is 6.09. The molecule has 0 bridgehead atoms. The zero-order chi connectivity index (χ0) is 13.5. The highest BCUT2D eigenvalue weighted by Gasteiger charge is 2.12. The zero-order valence-corrected chi connectivity index (χ0v) is 12.0. The predicted molar refractivity (Wildman–Crippen MR) is 74.9 cm³/mol. The summed E-state index contributed by atoms with van der Waals surface area (Å²) in [5.41, 5.74) is 8.95. The Morgan fingerprint density at radius 1 is 1.33 bits per heavy atom. The molecule has 1 aromatic rings. The van der Waals surface area contributed by atoms with Gasteiger partial charge in [-0.2, -0.15) is 0 Å². The average molecular weight is 251 g/mol. The summed E-state index contributed by atoms with van der Waals surface area (Å²) in [6.45, 7) is 9.75. The topological polar surface area (TPSA) is 51.4 Å². The van der Waals surface area contributed by atoms with Crippen LogP contribution in [0.1, 0.15) is 30.2 Å². The van der Waals surface area contributed by atoms with Gasteiger partial charge in [0.1, 0.15) is 5.75 Å². The Labute approximate surface area is 110 Å². The van der Waals surface area contributed by atoms with Crippen molar-refractivity contribution in [3.05, 3.63) is 23.0 Å². The first-order valence-electron chi connectivity index (χ1n) is 6.55. The number of pyridine rings is 1. The maximum Gasteiger partial charge on any atom is 0.128 e. The Balaban J connectivity index is 2.88. The normalized spacial score (nSPS) is 11.0. The number of hydrogen-bond donors (Lipinski definition) is 1. The molecule has 0 saturated carbocycles. The molecule has 1 rings (SSSR count). The molecule has 2 N–H and O–H groups in total. The molecule has 0 unspecified atom stereocenters. The second-order valence-corrected chi connectivity index (χ2v) is 4.61. The summed E-state index contributed by atoms with van der Waals surface area (Å²) >= 11 is 0. The lowest BCUT2D eigenvalue weighted by molar-refractivity contribution is 0.269. The van der Waals surface area contributed by atoms with Gasteiger partial charge in [0.2, 0.25) is 0 Å². The van der Waals surface area contributed by atoms with E-state index < -0.39 is 0 Å². The predicted octanol–water partition coefficient (Wildman–Crippen LogP) is 1.88. The van der Waals surface area contributed by atoms with Crippen molar-refractivity contribution in [2.75, 3.05) is 26.7 Å². The number of hydrogen-bond acceptors (Lipinski definition) is 4. The van der Waals surface area contributed by atoms with Gasteiger partial charge in [0, 0.05) is 37.0 Å². The van der Waals surface area contributed by atoms with Gasteiger partial charge in [-0.3, -0.25) is 9.88 Å². The number of nitrogens with two attached hydrogens (primary N) is 1. The van der Waals surface area contributed by atoms with Crippen molar-refractivity contribution in [3.63, 3.8) is 0 Å².